The van der Waals surface area contributed by atoms with E-state index in [0.717, 1.165) is 5.56 Å². The summed E-state index contributed by atoms with van der Waals surface area (Å²) in [6.07, 6.45) is 1.62. The summed E-state index contributed by atoms with van der Waals surface area (Å²) in [5.74, 6) is 0.448. The molecule has 2 aromatic carbocycles. The lowest BCUT2D eigenvalue weighted by molar-refractivity contribution is -0.385. The first-order valence-corrected chi connectivity index (χ1v) is 9.27. The number of amides is 1. The molecule has 0 spiro atoms. The SMILES string of the molecule is CCOc1cc(C(=O)Nc2cccc(-c3nncn3CC)c2)c([N+](=O)[O-])cc1OC. The van der Waals surface area contributed by atoms with Crippen molar-refractivity contribution in [3.05, 3.63) is 58.4 Å². The van der Waals surface area contributed by atoms with Crippen LogP contribution in [0.15, 0.2) is 42.7 Å². The third kappa shape index (κ3) is 4.22. The number of nitrogens with zero attached hydrogens (tertiary/aromatic N) is 4. The molecule has 0 saturated carbocycles. The Balaban J connectivity index is 1.95. The molecule has 1 heterocycles. The number of rotatable bonds is 8. The molecule has 0 aliphatic heterocycles. The first kappa shape index (κ1) is 20.8. The summed E-state index contributed by atoms with van der Waals surface area (Å²) in [5.41, 5.74) is 0.707. The Morgan fingerprint density at radius 2 is 2.03 bits per heavy atom. The van der Waals surface area contributed by atoms with Gasteiger partial charge >= 0.3 is 0 Å². The van der Waals surface area contributed by atoms with E-state index in [1.807, 2.05) is 17.6 Å². The number of hydrogen-bond acceptors (Lipinski definition) is 7. The molecule has 0 atom stereocenters. The monoisotopic (exact) mass is 411 g/mol. The van der Waals surface area contributed by atoms with Crippen LogP contribution >= 0.6 is 0 Å². The summed E-state index contributed by atoms with van der Waals surface area (Å²) >= 11 is 0. The van der Waals surface area contributed by atoms with Crippen LogP contribution in [0.5, 0.6) is 11.5 Å². The topological polar surface area (TPSA) is 121 Å². The molecule has 10 heteroatoms. The molecule has 1 aromatic heterocycles. The molecule has 0 unspecified atom stereocenters. The number of nitro benzene ring substituents is 1. The lowest BCUT2D eigenvalue weighted by Crippen LogP contribution is -2.15. The maximum Gasteiger partial charge on any atom is 0.286 e. The Kier molecular flexibility index (Phi) is 6.26. The van der Waals surface area contributed by atoms with Crippen molar-refractivity contribution in [2.24, 2.45) is 0 Å². The van der Waals surface area contributed by atoms with Crippen LogP contribution in [0.2, 0.25) is 0 Å². The molecule has 1 N–H and O–H groups in total. The minimum Gasteiger partial charge on any atom is -0.493 e. The van der Waals surface area contributed by atoms with Gasteiger partial charge in [-0.3, -0.25) is 14.9 Å². The number of nitro groups is 1. The van der Waals surface area contributed by atoms with E-state index < -0.39 is 10.8 Å². The Morgan fingerprint density at radius 1 is 1.23 bits per heavy atom. The first-order chi connectivity index (χ1) is 14.5. The Bertz CT molecular complexity index is 1080. The van der Waals surface area contributed by atoms with Gasteiger partial charge in [0.2, 0.25) is 0 Å². The van der Waals surface area contributed by atoms with Crippen molar-refractivity contribution in [3.8, 4) is 22.9 Å². The second kappa shape index (κ2) is 9.03. The van der Waals surface area contributed by atoms with Crippen LogP contribution in [0.4, 0.5) is 11.4 Å². The van der Waals surface area contributed by atoms with Crippen LogP contribution in [0.1, 0.15) is 24.2 Å². The Hall–Kier alpha value is -3.95. The fourth-order valence-corrected chi connectivity index (χ4v) is 2.95. The van der Waals surface area contributed by atoms with Crippen LogP contribution in [-0.4, -0.2) is 39.3 Å². The van der Waals surface area contributed by atoms with Crippen LogP contribution in [0, 0.1) is 10.1 Å². The summed E-state index contributed by atoms with van der Waals surface area (Å²) in [6, 6.07) is 9.51. The van der Waals surface area contributed by atoms with E-state index in [1.165, 1.54) is 19.2 Å². The van der Waals surface area contributed by atoms with E-state index in [-0.39, 0.29) is 22.7 Å². The minimum absolute atomic E-state index is 0.133. The van der Waals surface area contributed by atoms with E-state index in [9.17, 15) is 14.9 Å². The van der Waals surface area contributed by atoms with Gasteiger partial charge in [-0.05, 0) is 26.0 Å². The number of carbonyl (C=O) groups is 1. The summed E-state index contributed by atoms with van der Waals surface area (Å²) in [6.45, 7) is 4.74. The minimum atomic E-state index is -0.639. The van der Waals surface area contributed by atoms with Gasteiger partial charge in [0, 0.05) is 23.9 Å². The average Bonchev–Trinajstić information content (AvgIpc) is 3.22. The lowest BCUT2D eigenvalue weighted by Gasteiger charge is -2.12. The zero-order chi connectivity index (χ0) is 21.7. The third-order valence-electron chi connectivity index (χ3n) is 4.36. The van der Waals surface area contributed by atoms with Crippen molar-refractivity contribution in [2.75, 3.05) is 19.0 Å². The summed E-state index contributed by atoms with van der Waals surface area (Å²) in [7, 11) is 1.38. The molecular weight excluding hydrogens is 390 g/mol. The van der Waals surface area contributed by atoms with Gasteiger partial charge in [0.25, 0.3) is 11.6 Å². The van der Waals surface area contributed by atoms with E-state index >= 15 is 0 Å². The molecule has 0 aliphatic rings. The molecule has 1 amide bonds. The summed E-state index contributed by atoms with van der Waals surface area (Å²) in [4.78, 5) is 23.7. The first-order valence-electron chi connectivity index (χ1n) is 9.27. The van der Waals surface area contributed by atoms with Gasteiger partial charge in [0.05, 0.1) is 24.7 Å². The molecule has 30 heavy (non-hydrogen) atoms. The quantitative estimate of drug-likeness (QED) is 0.444. The fraction of sp³-hybridized carbons (Fsp3) is 0.250. The molecule has 0 radical (unpaired) electrons. The predicted octanol–water partition coefficient (Wildman–Crippen LogP) is 3.53. The molecule has 10 nitrogen and oxygen atoms in total. The number of aromatic nitrogens is 3. The number of ether oxygens (including phenoxy) is 2. The van der Waals surface area contributed by atoms with Gasteiger partial charge in [-0.25, -0.2) is 0 Å². The number of benzene rings is 2. The largest absolute Gasteiger partial charge is 0.493 e. The fourth-order valence-electron chi connectivity index (χ4n) is 2.95. The standard InChI is InChI=1S/C20H21N5O5/c1-4-24-12-21-23-19(24)13-7-6-8-14(9-13)22-20(26)15-10-18(30-5-2)17(29-3)11-16(15)25(27)28/h6-12H,4-5H2,1-3H3,(H,22,26). The van der Waals surface area contributed by atoms with Gasteiger partial charge in [0.1, 0.15) is 11.9 Å². The number of anilines is 1. The number of methoxy groups -OCH3 is 1. The summed E-state index contributed by atoms with van der Waals surface area (Å²) in [5, 5.41) is 22.2. The number of hydrogen-bond donors (Lipinski definition) is 1. The van der Waals surface area contributed by atoms with Gasteiger partial charge in [-0.15, -0.1) is 10.2 Å². The molecule has 0 saturated heterocycles. The normalized spacial score (nSPS) is 10.5. The molecule has 156 valence electrons. The van der Waals surface area contributed by atoms with Gasteiger partial charge in [0.15, 0.2) is 17.3 Å². The average molecular weight is 411 g/mol. The zero-order valence-corrected chi connectivity index (χ0v) is 16.8. The molecule has 3 aromatic rings. The van der Waals surface area contributed by atoms with Crippen molar-refractivity contribution in [2.45, 2.75) is 20.4 Å². The highest BCUT2D eigenvalue weighted by Crippen LogP contribution is 2.35. The lowest BCUT2D eigenvalue weighted by atomic mass is 10.1. The smallest absolute Gasteiger partial charge is 0.286 e. The number of aryl methyl sites for hydroxylation is 1. The Labute approximate surface area is 172 Å². The molecule has 0 fully saturated rings. The maximum absolute atomic E-state index is 12.9. The molecular formula is C20H21N5O5. The molecule has 0 aliphatic carbocycles. The van der Waals surface area contributed by atoms with E-state index in [1.54, 1.807) is 31.5 Å². The van der Waals surface area contributed by atoms with Crippen LogP contribution in [0.25, 0.3) is 11.4 Å². The number of carbonyl (C=O) groups excluding carboxylic acids is 1. The Morgan fingerprint density at radius 3 is 2.70 bits per heavy atom. The second-order valence-corrected chi connectivity index (χ2v) is 6.19. The number of nitrogens with one attached hydrogen (secondary N) is 1. The van der Waals surface area contributed by atoms with Crippen LogP contribution in [0.3, 0.4) is 0 Å². The molecule has 3 rings (SSSR count). The van der Waals surface area contributed by atoms with E-state index in [2.05, 4.69) is 15.5 Å². The van der Waals surface area contributed by atoms with Crippen molar-refractivity contribution < 1.29 is 19.2 Å². The van der Waals surface area contributed by atoms with Crippen molar-refractivity contribution in [1.29, 1.82) is 0 Å². The van der Waals surface area contributed by atoms with Gasteiger partial charge < -0.3 is 19.4 Å². The third-order valence-corrected chi connectivity index (χ3v) is 4.36. The van der Waals surface area contributed by atoms with Crippen LogP contribution < -0.4 is 14.8 Å². The zero-order valence-electron chi connectivity index (χ0n) is 16.8. The van der Waals surface area contributed by atoms with Crippen molar-refractivity contribution in [1.82, 2.24) is 14.8 Å². The van der Waals surface area contributed by atoms with Gasteiger partial charge in [-0.2, -0.15) is 0 Å². The highest BCUT2D eigenvalue weighted by molar-refractivity contribution is 6.07. The van der Waals surface area contributed by atoms with Crippen LogP contribution in [-0.2, 0) is 6.54 Å². The van der Waals surface area contributed by atoms with E-state index in [0.29, 0.717) is 24.7 Å². The van der Waals surface area contributed by atoms with Crippen molar-refractivity contribution >= 4 is 17.3 Å². The predicted molar refractivity (Wildman–Crippen MR) is 110 cm³/mol. The molecule has 0 bridgehead atoms. The highest BCUT2D eigenvalue weighted by Gasteiger charge is 2.25. The summed E-state index contributed by atoms with van der Waals surface area (Å²) < 4.78 is 12.5. The second-order valence-electron chi connectivity index (χ2n) is 6.19. The van der Waals surface area contributed by atoms with Crippen molar-refractivity contribution in [3.63, 3.8) is 0 Å². The maximum atomic E-state index is 12.9. The van der Waals surface area contributed by atoms with E-state index in [4.69, 9.17) is 9.47 Å². The highest BCUT2D eigenvalue weighted by atomic mass is 16.6. The van der Waals surface area contributed by atoms with Gasteiger partial charge in [-0.1, -0.05) is 12.1 Å².